The summed E-state index contributed by atoms with van der Waals surface area (Å²) in [4.78, 5) is 27.8. The van der Waals surface area contributed by atoms with Crippen molar-refractivity contribution in [2.45, 2.75) is 25.1 Å². The SMILES string of the molecule is O=C(NCc1ccccc1)N1CCCC(F)(C(=O)N2CCOCC2)C1. The Labute approximate surface area is 146 Å². The molecule has 0 radical (unpaired) electrons. The Morgan fingerprint density at radius 3 is 2.56 bits per heavy atom. The highest BCUT2D eigenvalue weighted by molar-refractivity contribution is 5.86. The van der Waals surface area contributed by atoms with E-state index < -0.39 is 11.6 Å². The number of ether oxygens (including phenoxy) is 1. The highest BCUT2D eigenvalue weighted by atomic mass is 19.1. The molecule has 25 heavy (non-hydrogen) atoms. The Morgan fingerprint density at radius 2 is 1.84 bits per heavy atom. The number of carbonyl (C=O) groups excluding carboxylic acids is 2. The van der Waals surface area contributed by atoms with Crippen LogP contribution in [0.2, 0.25) is 0 Å². The second-order valence-corrected chi connectivity index (χ2v) is 6.54. The number of morpholine rings is 1. The summed E-state index contributed by atoms with van der Waals surface area (Å²) in [5.74, 6) is -0.517. The van der Waals surface area contributed by atoms with Gasteiger partial charge in [-0.1, -0.05) is 30.3 Å². The smallest absolute Gasteiger partial charge is 0.317 e. The van der Waals surface area contributed by atoms with E-state index in [9.17, 15) is 9.59 Å². The zero-order valence-electron chi connectivity index (χ0n) is 14.2. The number of hydrogen-bond donors (Lipinski definition) is 1. The monoisotopic (exact) mass is 349 g/mol. The Balaban J connectivity index is 1.57. The lowest BCUT2D eigenvalue weighted by atomic mass is 9.93. The van der Waals surface area contributed by atoms with Crippen LogP contribution in [-0.4, -0.2) is 66.8 Å². The van der Waals surface area contributed by atoms with Crippen molar-refractivity contribution in [3.63, 3.8) is 0 Å². The standard InChI is InChI=1S/C18H24FN3O3/c19-18(16(23)21-9-11-25-12-10-21)7-4-8-22(14-18)17(24)20-13-15-5-2-1-3-6-15/h1-3,5-6H,4,7-14H2,(H,20,24). The molecule has 2 fully saturated rings. The van der Waals surface area contributed by atoms with Gasteiger partial charge in [0, 0.05) is 26.2 Å². The first-order valence-electron chi connectivity index (χ1n) is 8.71. The Bertz CT molecular complexity index is 607. The zero-order valence-corrected chi connectivity index (χ0v) is 14.2. The van der Waals surface area contributed by atoms with Crippen LogP contribution in [-0.2, 0) is 16.1 Å². The summed E-state index contributed by atoms with van der Waals surface area (Å²) >= 11 is 0. The van der Waals surface area contributed by atoms with Crippen LogP contribution >= 0.6 is 0 Å². The molecule has 1 unspecified atom stereocenters. The molecule has 6 nitrogen and oxygen atoms in total. The second kappa shape index (κ2) is 7.82. The van der Waals surface area contributed by atoms with E-state index >= 15 is 4.39 Å². The molecule has 0 spiro atoms. The molecule has 1 N–H and O–H groups in total. The molecule has 136 valence electrons. The fourth-order valence-corrected chi connectivity index (χ4v) is 3.29. The van der Waals surface area contributed by atoms with Crippen molar-refractivity contribution < 1.29 is 18.7 Å². The maximum absolute atomic E-state index is 15.3. The Morgan fingerprint density at radius 1 is 1.12 bits per heavy atom. The number of benzene rings is 1. The van der Waals surface area contributed by atoms with Crippen LogP contribution in [0.25, 0.3) is 0 Å². The van der Waals surface area contributed by atoms with Crippen LogP contribution in [0.3, 0.4) is 0 Å². The van der Waals surface area contributed by atoms with E-state index in [4.69, 9.17) is 4.74 Å². The summed E-state index contributed by atoms with van der Waals surface area (Å²) in [5, 5.41) is 2.80. The zero-order chi connectivity index (χ0) is 17.7. The van der Waals surface area contributed by atoms with E-state index in [1.54, 1.807) is 0 Å². The lowest BCUT2D eigenvalue weighted by Gasteiger charge is -2.39. The van der Waals surface area contributed by atoms with Crippen molar-refractivity contribution in [3.05, 3.63) is 35.9 Å². The molecule has 3 rings (SSSR count). The normalized spacial score (nSPS) is 24.0. The molecule has 2 heterocycles. The predicted molar refractivity (Wildman–Crippen MR) is 90.7 cm³/mol. The summed E-state index contributed by atoms with van der Waals surface area (Å²) in [5.41, 5.74) is -1.02. The number of alkyl halides is 1. The number of nitrogens with one attached hydrogen (secondary N) is 1. The van der Waals surface area contributed by atoms with Gasteiger partial charge in [0.1, 0.15) is 0 Å². The van der Waals surface area contributed by atoms with Crippen LogP contribution in [0, 0.1) is 0 Å². The van der Waals surface area contributed by atoms with Crippen LogP contribution in [0.5, 0.6) is 0 Å². The molecule has 0 aromatic heterocycles. The highest BCUT2D eigenvalue weighted by Gasteiger charge is 2.46. The largest absolute Gasteiger partial charge is 0.378 e. The molecule has 2 aliphatic heterocycles. The molecule has 0 bridgehead atoms. The van der Waals surface area contributed by atoms with Gasteiger partial charge < -0.3 is 19.9 Å². The summed E-state index contributed by atoms with van der Waals surface area (Å²) in [7, 11) is 0. The molecule has 2 saturated heterocycles. The molecule has 0 aliphatic carbocycles. The van der Waals surface area contributed by atoms with Gasteiger partial charge in [0.25, 0.3) is 5.91 Å². The maximum atomic E-state index is 15.3. The maximum Gasteiger partial charge on any atom is 0.317 e. The van der Waals surface area contributed by atoms with Crippen molar-refractivity contribution >= 4 is 11.9 Å². The van der Waals surface area contributed by atoms with Crippen LogP contribution < -0.4 is 5.32 Å². The van der Waals surface area contributed by atoms with E-state index in [2.05, 4.69) is 5.32 Å². The first-order chi connectivity index (χ1) is 12.1. The Hall–Kier alpha value is -2.15. The summed E-state index contributed by atoms with van der Waals surface area (Å²) < 4.78 is 20.5. The minimum Gasteiger partial charge on any atom is -0.378 e. The second-order valence-electron chi connectivity index (χ2n) is 6.54. The van der Waals surface area contributed by atoms with Gasteiger partial charge in [0.05, 0.1) is 19.8 Å². The quantitative estimate of drug-likeness (QED) is 0.901. The van der Waals surface area contributed by atoms with Gasteiger partial charge in [-0.05, 0) is 18.4 Å². The van der Waals surface area contributed by atoms with Crippen molar-refractivity contribution in [2.75, 3.05) is 39.4 Å². The van der Waals surface area contributed by atoms with Crippen LogP contribution in [0.4, 0.5) is 9.18 Å². The van der Waals surface area contributed by atoms with E-state index in [0.29, 0.717) is 45.8 Å². The molecule has 3 amide bonds. The third kappa shape index (κ3) is 4.28. The van der Waals surface area contributed by atoms with E-state index in [0.717, 1.165) is 5.56 Å². The van der Waals surface area contributed by atoms with Crippen molar-refractivity contribution in [2.24, 2.45) is 0 Å². The van der Waals surface area contributed by atoms with E-state index in [1.807, 2.05) is 30.3 Å². The third-order valence-corrected chi connectivity index (χ3v) is 4.70. The lowest BCUT2D eigenvalue weighted by Crippen LogP contribution is -2.59. The molecular weight excluding hydrogens is 325 g/mol. The first-order valence-corrected chi connectivity index (χ1v) is 8.71. The van der Waals surface area contributed by atoms with E-state index in [-0.39, 0.29) is 19.0 Å². The average molecular weight is 349 g/mol. The number of rotatable bonds is 3. The number of nitrogens with zero attached hydrogens (tertiary/aromatic N) is 2. The molecule has 7 heteroatoms. The fourth-order valence-electron chi connectivity index (χ4n) is 3.29. The number of likely N-dealkylation sites (tertiary alicyclic amines) is 1. The number of hydrogen-bond acceptors (Lipinski definition) is 3. The van der Waals surface area contributed by atoms with Gasteiger partial charge in [-0.2, -0.15) is 0 Å². The van der Waals surface area contributed by atoms with E-state index in [1.165, 1.54) is 9.80 Å². The number of halogens is 1. The topological polar surface area (TPSA) is 61.9 Å². The molecule has 1 aromatic carbocycles. The fraction of sp³-hybridized carbons (Fsp3) is 0.556. The van der Waals surface area contributed by atoms with Gasteiger partial charge in [-0.25, -0.2) is 9.18 Å². The van der Waals surface area contributed by atoms with Gasteiger partial charge in [0.2, 0.25) is 5.67 Å². The van der Waals surface area contributed by atoms with Gasteiger partial charge in [-0.15, -0.1) is 0 Å². The van der Waals surface area contributed by atoms with Crippen LogP contribution in [0.15, 0.2) is 30.3 Å². The highest BCUT2D eigenvalue weighted by Crippen LogP contribution is 2.28. The third-order valence-electron chi connectivity index (χ3n) is 4.70. The molecule has 0 saturated carbocycles. The summed E-state index contributed by atoms with van der Waals surface area (Å²) in [6, 6.07) is 9.20. The number of carbonyl (C=O) groups is 2. The number of urea groups is 1. The van der Waals surface area contributed by atoms with Gasteiger partial charge in [0.15, 0.2) is 0 Å². The van der Waals surface area contributed by atoms with Crippen molar-refractivity contribution in [3.8, 4) is 0 Å². The molecular formula is C18H24FN3O3. The van der Waals surface area contributed by atoms with Crippen molar-refractivity contribution in [1.82, 2.24) is 15.1 Å². The summed E-state index contributed by atoms with van der Waals surface area (Å²) in [6.07, 6.45) is 0.636. The van der Waals surface area contributed by atoms with Gasteiger partial charge in [-0.3, -0.25) is 4.79 Å². The molecule has 2 aliphatic rings. The van der Waals surface area contributed by atoms with Crippen LogP contribution in [0.1, 0.15) is 18.4 Å². The van der Waals surface area contributed by atoms with Gasteiger partial charge >= 0.3 is 6.03 Å². The lowest BCUT2D eigenvalue weighted by molar-refractivity contribution is -0.151. The minimum atomic E-state index is -2.00. The number of piperidine rings is 1. The minimum absolute atomic E-state index is 0.158. The predicted octanol–water partition coefficient (Wildman–Crippen LogP) is 1.56. The Kier molecular flexibility index (Phi) is 5.53. The average Bonchev–Trinajstić information content (AvgIpc) is 2.67. The number of amides is 3. The summed E-state index contributed by atoms with van der Waals surface area (Å²) in [6.45, 7) is 2.33. The molecule has 1 atom stereocenters. The molecule has 1 aromatic rings. The van der Waals surface area contributed by atoms with Crippen molar-refractivity contribution in [1.29, 1.82) is 0 Å². The first kappa shape index (κ1) is 17.7.